The van der Waals surface area contributed by atoms with Gasteiger partial charge >= 0.3 is 11.9 Å². The topological polar surface area (TPSA) is 211 Å². The molecule has 4 atom stereocenters. The third kappa shape index (κ3) is 32.3. The second-order valence-electron chi connectivity index (χ2n) is 28.5. The monoisotopic (exact) mass is 1330 g/mol. The van der Waals surface area contributed by atoms with Gasteiger partial charge in [0.05, 0.1) is 39.2 Å². The fourth-order valence-electron chi connectivity index (χ4n) is 13.9. The van der Waals surface area contributed by atoms with Crippen LogP contribution in [0.5, 0.6) is 17.2 Å². The molecule has 0 aliphatic carbocycles. The van der Waals surface area contributed by atoms with Gasteiger partial charge in [0, 0.05) is 20.5 Å². The van der Waals surface area contributed by atoms with Crippen molar-refractivity contribution in [2.45, 2.75) is 373 Å². The van der Waals surface area contributed by atoms with E-state index in [2.05, 4.69) is 40.7 Å². The third-order valence-corrected chi connectivity index (χ3v) is 20.1. The van der Waals surface area contributed by atoms with E-state index in [1.807, 2.05) is 25.9 Å². The standard InChI is InChI=1S/C79H138N6O10/c1-7-10-13-16-19-22-25-28-31-34-37-40-43-46-49-52-55-92-68-58-67(60-78(77(89)90,62-72(87)88)79(91)61-71(95-70(79)63-86)85-65-82-73-75(80-64-81-76(73)85)83-66(4)84(5)6)59-69(93-56-53-50-47-44-41-38-35-32-29-26-23-20-17-14-11-8-2)74(68)94-57-54-51-48-45-42-39-36-33-30-27-24-21-18-15-12-9-3/h58-59,64-65,70-71,86,91H,7-57,60-63H2,1-6H3,(H,87,88)(H,89,90)/t70-,71-,78?,79+/m1/s1. The first kappa shape index (κ1) is 82.9. The maximum atomic E-state index is 14.2. The number of imidazole rings is 1. The minimum atomic E-state index is -2.44. The van der Waals surface area contributed by atoms with Gasteiger partial charge < -0.3 is 44.3 Å². The first-order valence-corrected chi connectivity index (χ1v) is 39.2. The quantitative estimate of drug-likeness (QED) is 0.0235. The first-order chi connectivity index (χ1) is 46.3. The van der Waals surface area contributed by atoms with Gasteiger partial charge in [-0.1, -0.05) is 310 Å². The van der Waals surface area contributed by atoms with Gasteiger partial charge in [0.1, 0.15) is 35.5 Å². The number of carboxylic acids is 2. The molecule has 1 unspecified atom stereocenters. The third-order valence-electron chi connectivity index (χ3n) is 20.1. The van der Waals surface area contributed by atoms with Crippen LogP contribution in [-0.2, 0) is 20.7 Å². The fraction of sp³-hybridized carbons (Fsp3) is 0.823. The zero-order valence-corrected chi connectivity index (χ0v) is 61.3. The number of hydrogen-bond donors (Lipinski definition) is 4. The van der Waals surface area contributed by atoms with Crippen molar-refractivity contribution in [2.75, 3.05) is 40.5 Å². The molecule has 3 heterocycles. The molecule has 0 spiro atoms. The minimum Gasteiger partial charge on any atom is -0.490 e. The van der Waals surface area contributed by atoms with Crippen molar-refractivity contribution in [1.82, 2.24) is 24.4 Å². The first-order valence-electron chi connectivity index (χ1n) is 39.2. The molecule has 16 heteroatoms. The minimum absolute atomic E-state index is 0.302. The summed E-state index contributed by atoms with van der Waals surface area (Å²) in [6, 6.07) is 3.50. The molecule has 0 saturated carbocycles. The Hall–Kier alpha value is -4.54. The maximum absolute atomic E-state index is 14.2. The van der Waals surface area contributed by atoms with Crippen molar-refractivity contribution >= 4 is 34.8 Å². The highest BCUT2D eigenvalue weighted by molar-refractivity contribution is 5.88. The number of amidine groups is 1. The Morgan fingerprint density at radius 1 is 0.558 bits per heavy atom. The average Bonchev–Trinajstić information content (AvgIpc) is 1.64. The van der Waals surface area contributed by atoms with E-state index in [4.69, 9.17) is 18.9 Å². The Morgan fingerprint density at radius 2 is 0.916 bits per heavy atom. The summed E-state index contributed by atoms with van der Waals surface area (Å²) in [5.74, 6) is -0.755. The molecule has 1 aromatic carbocycles. The normalized spacial score (nSPS) is 16.4. The number of carboxylic acid groups (broad SMARTS) is 2. The molecule has 1 fully saturated rings. The van der Waals surface area contributed by atoms with Crippen molar-refractivity contribution in [3.8, 4) is 17.2 Å². The van der Waals surface area contributed by atoms with Gasteiger partial charge in [-0.2, -0.15) is 0 Å². The van der Waals surface area contributed by atoms with Crippen molar-refractivity contribution in [3.63, 3.8) is 0 Å². The van der Waals surface area contributed by atoms with Crippen LogP contribution in [0, 0.1) is 5.41 Å². The number of unbranched alkanes of at least 4 members (excludes halogenated alkanes) is 45. The highest BCUT2D eigenvalue weighted by Crippen LogP contribution is 2.53. The molecule has 1 aliphatic heterocycles. The van der Waals surface area contributed by atoms with E-state index in [1.54, 1.807) is 16.7 Å². The molecular formula is C79H138N6O10. The van der Waals surface area contributed by atoms with Gasteiger partial charge in [0.2, 0.25) is 5.75 Å². The highest BCUT2D eigenvalue weighted by Gasteiger charge is 2.65. The average molecular weight is 1330 g/mol. The molecule has 16 nitrogen and oxygen atoms in total. The second kappa shape index (κ2) is 51.6. The van der Waals surface area contributed by atoms with Crippen LogP contribution in [0.15, 0.2) is 29.8 Å². The van der Waals surface area contributed by atoms with E-state index in [-0.39, 0.29) is 0 Å². The molecule has 0 bridgehead atoms. The lowest BCUT2D eigenvalue weighted by Crippen LogP contribution is -2.60. The van der Waals surface area contributed by atoms with E-state index in [1.165, 1.54) is 263 Å². The van der Waals surface area contributed by atoms with Crippen LogP contribution in [0.2, 0.25) is 0 Å². The predicted octanol–water partition coefficient (Wildman–Crippen LogP) is 21.2. The van der Waals surface area contributed by atoms with Gasteiger partial charge in [-0.3, -0.25) is 14.2 Å². The molecule has 1 saturated heterocycles. The Labute approximate surface area is 577 Å². The zero-order chi connectivity index (χ0) is 68.5. The summed E-state index contributed by atoms with van der Waals surface area (Å²) >= 11 is 0. The molecule has 3 aromatic rings. The largest absolute Gasteiger partial charge is 0.490 e. The van der Waals surface area contributed by atoms with Crippen molar-refractivity contribution in [3.05, 3.63) is 30.4 Å². The maximum Gasteiger partial charge on any atom is 0.313 e. The van der Waals surface area contributed by atoms with Crippen molar-refractivity contribution in [2.24, 2.45) is 10.4 Å². The summed E-state index contributed by atoms with van der Waals surface area (Å²) in [4.78, 5) is 47.3. The molecule has 95 heavy (non-hydrogen) atoms. The van der Waals surface area contributed by atoms with Crippen LogP contribution in [-0.4, -0.2) is 115 Å². The number of aliphatic carboxylic acids is 2. The van der Waals surface area contributed by atoms with Crippen LogP contribution in [0.4, 0.5) is 5.82 Å². The predicted molar refractivity (Wildman–Crippen MR) is 390 cm³/mol. The Morgan fingerprint density at radius 3 is 1.25 bits per heavy atom. The van der Waals surface area contributed by atoms with Gasteiger partial charge in [-0.25, -0.2) is 19.9 Å². The van der Waals surface area contributed by atoms with Gasteiger partial charge in [0.25, 0.3) is 0 Å². The molecule has 1 aliphatic rings. The van der Waals surface area contributed by atoms with Crippen LogP contribution >= 0.6 is 0 Å². The van der Waals surface area contributed by atoms with Crippen LogP contribution in [0.3, 0.4) is 0 Å². The summed E-state index contributed by atoms with van der Waals surface area (Å²) in [5, 5.41) is 46.4. The van der Waals surface area contributed by atoms with Crippen molar-refractivity contribution < 1.29 is 49.0 Å². The fourth-order valence-corrected chi connectivity index (χ4v) is 13.9. The van der Waals surface area contributed by atoms with E-state index in [9.17, 15) is 30.0 Å². The second-order valence-corrected chi connectivity index (χ2v) is 28.5. The Balaban J connectivity index is 1.54. The number of aliphatic hydroxyl groups excluding tert-OH is 1. The number of ether oxygens (including phenoxy) is 4. The number of nitrogens with zero attached hydrogens (tertiary/aromatic N) is 6. The number of hydrogen-bond acceptors (Lipinski definition) is 12. The van der Waals surface area contributed by atoms with E-state index in [0.29, 0.717) is 65.4 Å². The molecule has 4 rings (SSSR count). The van der Waals surface area contributed by atoms with Gasteiger partial charge in [-0.15, -0.1) is 0 Å². The molecule has 0 radical (unpaired) electrons. The number of aliphatic imine (C=N–C) groups is 1. The van der Waals surface area contributed by atoms with E-state index < -0.39 is 61.2 Å². The lowest BCUT2D eigenvalue weighted by molar-refractivity contribution is -0.189. The highest BCUT2D eigenvalue weighted by atomic mass is 16.6. The molecule has 2 aromatic heterocycles. The summed E-state index contributed by atoms with van der Waals surface area (Å²) in [5.41, 5.74) is -3.83. The number of carbonyl (C=O) groups is 2. The van der Waals surface area contributed by atoms with Gasteiger partial charge in [0.15, 0.2) is 28.5 Å². The lowest BCUT2D eigenvalue weighted by Gasteiger charge is -2.43. The van der Waals surface area contributed by atoms with E-state index in [0.717, 1.165) is 57.8 Å². The number of aromatic nitrogens is 4. The Bertz CT molecular complexity index is 2410. The molecule has 0 amide bonds. The summed E-state index contributed by atoms with van der Waals surface area (Å²) in [6.45, 7) is 9.09. The molecule has 4 N–H and O–H groups in total. The summed E-state index contributed by atoms with van der Waals surface area (Å²) in [6.07, 6.45) is 58.7. The molecular weight excluding hydrogens is 1190 g/mol. The molecule has 544 valence electrons. The van der Waals surface area contributed by atoms with Crippen molar-refractivity contribution in [1.29, 1.82) is 0 Å². The van der Waals surface area contributed by atoms with Crippen LogP contribution in [0.25, 0.3) is 11.2 Å². The van der Waals surface area contributed by atoms with E-state index >= 15 is 0 Å². The number of fused-ring (bicyclic) bond motifs is 1. The van der Waals surface area contributed by atoms with Gasteiger partial charge in [-0.05, 0) is 50.3 Å². The summed E-state index contributed by atoms with van der Waals surface area (Å²) < 4.78 is 28.1. The smallest absolute Gasteiger partial charge is 0.313 e. The Kier molecular flexibility index (Phi) is 45.0. The van der Waals surface area contributed by atoms with Crippen LogP contribution in [0.1, 0.15) is 361 Å². The number of rotatable bonds is 63. The lowest BCUT2D eigenvalue weighted by atomic mass is 9.63. The number of aliphatic hydroxyl groups is 2. The van der Waals surface area contributed by atoms with Crippen LogP contribution < -0.4 is 14.2 Å². The SMILES string of the molecule is CCCCCCCCCCCCCCCCCCOc1cc(CC(CC(=O)O)(C(=O)O)[C@]2(O)C[C@H](n3cnc4c(N=C(C)N(C)C)ncnc43)O[C@@H]2CO)cc(OCCCCCCCCCCCCCCCCCC)c1OCCCCCCCCCCCCCCCCCC. The summed E-state index contributed by atoms with van der Waals surface area (Å²) in [7, 11) is 3.72. The zero-order valence-electron chi connectivity index (χ0n) is 61.3. The number of benzene rings is 1.